The maximum Gasteiger partial charge on any atom is 0.407 e. The summed E-state index contributed by atoms with van der Waals surface area (Å²) in [6.07, 6.45) is 4.35. The van der Waals surface area contributed by atoms with Crippen LogP contribution in [-0.4, -0.2) is 25.9 Å². The van der Waals surface area contributed by atoms with Crippen LogP contribution in [0.1, 0.15) is 30.9 Å². The first-order valence-corrected chi connectivity index (χ1v) is 6.95. The number of carbonyl (C=O) groups excluding carboxylic acids is 1. The van der Waals surface area contributed by atoms with Crippen LogP contribution in [0.2, 0.25) is 0 Å². The van der Waals surface area contributed by atoms with E-state index in [9.17, 15) is 4.79 Å². The summed E-state index contributed by atoms with van der Waals surface area (Å²) >= 11 is 0. The monoisotopic (exact) mass is 263 g/mol. The average Bonchev–Trinajstić information content (AvgIpc) is 2.44. The molecule has 1 aliphatic carbocycles. The number of hydrogen-bond acceptors (Lipinski definition) is 3. The maximum absolute atomic E-state index is 11.1. The molecular formula is C15H21NO3. The van der Waals surface area contributed by atoms with Gasteiger partial charge in [0.15, 0.2) is 0 Å². The fourth-order valence-electron chi connectivity index (χ4n) is 2.38. The van der Waals surface area contributed by atoms with Crippen molar-refractivity contribution in [2.24, 2.45) is 0 Å². The van der Waals surface area contributed by atoms with Crippen LogP contribution >= 0.6 is 0 Å². The molecule has 0 unspecified atom stereocenters. The summed E-state index contributed by atoms with van der Waals surface area (Å²) in [6.45, 7) is 3.10. The molecule has 0 spiro atoms. The van der Waals surface area contributed by atoms with Crippen LogP contribution in [0, 0.1) is 0 Å². The van der Waals surface area contributed by atoms with Crippen LogP contribution in [0.25, 0.3) is 0 Å². The molecule has 1 aliphatic rings. The lowest BCUT2D eigenvalue weighted by molar-refractivity contribution is 0.150. The van der Waals surface area contributed by atoms with Gasteiger partial charge in [-0.2, -0.15) is 0 Å². The standard InChI is InChI=1S/C15H21NO3/c1-2-18-15(17)16-10-11-19-14-9-5-7-12-6-3-4-8-13(12)14/h5,7,9H,2-4,6,8,10-11H2,1H3,(H,16,17). The Balaban J connectivity index is 1.81. The van der Waals surface area contributed by atoms with E-state index >= 15 is 0 Å². The van der Waals surface area contributed by atoms with Gasteiger partial charge in [0.1, 0.15) is 12.4 Å². The molecule has 0 fully saturated rings. The lowest BCUT2D eigenvalue weighted by Gasteiger charge is -2.19. The molecule has 4 heteroatoms. The van der Waals surface area contributed by atoms with Crippen LogP contribution in [-0.2, 0) is 17.6 Å². The number of aryl methyl sites for hydroxylation is 1. The zero-order valence-electron chi connectivity index (χ0n) is 11.4. The second kappa shape index (κ2) is 7.02. The largest absolute Gasteiger partial charge is 0.491 e. The zero-order chi connectivity index (χ0) is 13.5. The minimum atomic E-state index is -0.388. The van der Waals surface area contributed by atoms with E-state index in [0.29, 0.717) is 19.8 Å². The van der Waals surface area contributed by atoms with E-state index in [-0.39, 0.29) is 6.09 Å². The lowest BCUT2D eigenvalue weighted by atomic mass is 9.91. The lowest BCUT2D eigenvalue weighted by Crippen LogP contribution is -2.28. The number of amides is 1. The van der Waals surface area contributed by atoms with Crippen molar-refractivity contribution in [2.45, 2.75) is 32.6 Å². The quantitative estimate of drug-likeness (QED) is 0.831. The third kappa shape index (κ3) is 3.88. The Morgan fingerprint density at radius 3 is 3.00 bits per heavy atom. The van der Waals surface area contributed by atoms with E-state index in [2.05, 4.69) is 11.4 Å². The number of carbonyl (C=O) groups is 1. The van der Waals surface area contributed by atoms with Gasteiger partial charge in [0.25, 0.3) is 0 Å². The molecule has 19 heavy (non-hydrogen) atoms. The van der Waals surface area contributed by atoms with Gasteiger partial charge < -0.3 is 14.8 Å². The molecule has 104 valence electrons. The highest BCUT2D eigenvalue weighted by Gasteiger charge is 2.13. The number of nitrogens with one attached hydrogen (secondary N) is 1. The van der Waals surface area contributed by atoms with Crippen LogP contribution in [0.3, 0.4) is 0 Å². The second-order valence-corrected chi connectivity index (χ2v) is 4.60. The Morgan fingerprint density at radius 1 is 1.32 bits per heavy atom. The van der Waals surface area contributed by atoms with E-state index in [1.165, 1.54) is 24.0 Å². The van der Waals surface area contributed by atoms with Gasteiger partial charge in [0.2, 0.25) is 0 Å². The SMILES string of the molecule is CCOC(=O)NCCOc1cccc2c1CCCC2. The minimum Gasteiger partial charge on any atom is -0.491 e. The molecule has 1 amide bonds. The van der Waals surface area contributed by atoms with Crippen molar-refractivity contribution in [1.29, 1.82) is 0 Å². The van der Waals surface area contributed by atoms with Crippen molar-refractivity contribution in [3.05, 3.63) is 29.3 Å². The molecule has 0 aromatic heterocycles. The highest BCUT2D eigenvalue weighted by atomic mass is 16.5. The van der Waals surface area contributed by atoms with E-state index in [4.69, 9.17) is 9.47 Å². The van der Waals surface area contributed by atoms with Crippen molar-refractivity contribution in [3.63, 3.8) is 0 Å². The van der Waals surface area contributed by atoms with Crippen molar-refractivity contribution in [1.82, 2.24) is 5.32 Å². The summed E-state index contributed by atoms with van der Waals surface area (Å²) in [5.74, 6) is 0.961. The number of hydrogen-bond donors (Lipinski definition) is 1. The Labute approximate surface area is 114 Å². The normalized spacial score (nSPS) is 13.5. The molecule has 0 bridgehead atoms. The van der Waals surface area contributed by atoms with E-state index < -0.39 is 0 Å². The van der Waals surface area contributed by atoms with Crippen molar-refractivity contribution in [3.8, 4) is 5.75 Å². The molecule has 0 saturated heterocycles. The Morgan fingerprint density at radius 2 is 2.16 bits per heavy atom. The molecule has 0 atom stereocenters. The zero-order valence-corrected chi connectivity index (χ0v) is 11.4. The third-order valence-corrected chi connectivity index (χ3v) is 3.26. The molecule has 0 saturated carbocycles. The van der Waals surface area contributed by atoms with Gasteiger partial charge in [0, 0.05) is 0 Å². The van der Waals surface area contributed by atoms with Crippen LogP contribution in [0.15, 0.2) is 18.2 Å². The molecule has 0 heterocycles. The molecule has 1 aromatic carbocycles. The highest BCUT2D eigenvalue weighted by molar-refractivity contribution is 5.66. The fourth-order valence-corrected chi connectivity index (χ4v) is 2.38. The van der Waals surface area contributed by atoms with Gasteiger partial charge >= 0.3 is 6.09 Å². The average molecular weight is 263 g/mol. The maximum atomic E-state index is 11.1. The summed E-state index contributed by atoms with van der Waals surface area (Å²) < 4.78 is 10.5. The van der Waals surface area contributed by atoms with E-state index in [1.54, 1.807) is 6.92 Å². The smallest absolute Gasteiger partial charge is 0.407 e. The number of rotatable bonds is 5. The van der Waals surface area contributed by atoms with Gasteiger partial charge in [-0.15, -0.1) is 0 Å². The van der Waals surface area contributed by atoms with Crippen molar-refractivity contribution >= 4 is 6.09 Å². The van der Waals surface area contributed by atoms with Gasteiger partial charge in [-0.25, -0.2) is 4.79 Å². The van der Waals surface area contributed by atoms with Crippen LogP contribution in [0.4, 0.5) is 4.79 Å². The number of benzene rings is 1. The first kappa shape index (κ1) is 13.7. The van der Waals surface area contributed by atoms with Gasteiger partial charge in [0.05, 0.1) is 13.2 Å². The summed E-state index contributed by atoms with van der Waals surface area (Å²) in [5, 5.41) is 2.65. The molecule has 1 N–H and O–H groups in total. The summed E-state index contributed by atoms with van der Waals surface area (Å²) in [7, 11) is 0. The third-order valence-electron chi connectivity index (χ3n) is 3.26. The van der Waals surface area contributed by atoms with Crippen molar-refractivity contribution in [2.75, 3.05) is 19.8 Å². The van der Waals surface area contributed by atoms with Gasteiger partial charge in [-0.05, 0) is 49.8 Å². The summed E-state index contributed by atoms with van der Waals surface area (Å²) in [6, 6.07) is 6.23. The first-order chi connectivity index (χ1) is 9.31. The van der Waals surface area contributed by atoms with Gasteiger partial charge in [-0.1, -0.05) is 12.1 Å². The Hall–Kier alpha value is -1.71. The molecule has 0 radical (unpaired) electrons. The number of alkyl carbamates (subject to hydrolysis) is 1. The Kier molecular flexibility index (Phi) is 5.07. The first-order valence-electron chi connectivity index (χ1n) is 6.95. The summed E-state index contributed by atoms with van der Waals surface area (Å²) in [5.41, 5.74) is 2.74. The van der Waals surface area contributed by atoms with Crippen LogP contribution < -0.4 is 10.1 Å². The Bertz CT molecular complexity index is 431. The van der Waals surface area contributed by atoms with Crippen molar-refractivity contribution < 1.29 is 14.3 Å². The van der Waals surface area contributed by atoms with E-state index in [0.717, 1.165) is 18.6 Å². The topological polar surface area (TPSA) is 47.6 Å². The number of ether oxygens (including phenoxy) is 2. The van der Waals surface area contributed by atoms with Crippen LogP contribution in [0.5, 0.6) is 5.75 Å². The molecule has 4 nitrogen and oxygen atoms in total. The fraction of sp³-hybridized carbons (Fsp3) is 0.533. The number of fused-ring (bicyclic) bond motifs is 1. The predicted octanol–water partition coefficient (Wildman–Crippen LogP) is 2.69. The molecule has 2 rings (SSSR count). The molecule has 0 aliphatic heterocycles. The highest BCUT2D eigenvalue weighted by Crippen LogP contribution is 2.29. The summed E-state index contributed by atoms with van der Waals surface area (Å²) in [4.78, 5) is 11.1. The predicted molar refractivity (Wildman–Crippen MR) is 73.6 cm³/mol. The van der Waals surface area contributed by atoms with Gasteiger partial charge in [-0.3, -0.25) is 0 Å². The molecular weight excluding hydrogens is 242 g/mol. The molecule has 1 aromatic rings. The minimum absolute atomic E-state index is 0.388. The second-order valence-electron chi connectivity index (χ2n) is 4.60. The van der Waals surface area contributed by atoms with E-state index in [1.807, 2.05) is 12.1 Å².